The monoisotopic (exact) mass is 542 g/mol. The fraction of sp³-hybridized carbons (Fsp3) is 0.905. The predicted molar refractivity (Wildman–Crippen MR) is 119 cm³/mol. The van der Waals surface area contributed by atoms with E-state index in [1.807, 2.05) is 0 Å². The van der Waals surface area contributed by atoms with Crippen molar-refractivity contribution in [1.82, 2.24) is 0 Å². The molecule has 2 aliphatic rings. The third-order valence-corrected chi connectivity index (χ3v) is 6.62. The fourth-order valence-corrected chi connectivity index (χ4v) is 4.47. The van der Waals surface area contributed by atoms with E-state index in [1.54, 1.807) is 0 Å². The van der Waals surface area contributed by atoms with E-state index in [-0.39, 0.29) is 38.9 Å². The van der Waals surface area contributed by atoms with Crippen molar-refractivity contribution < 1.29 is 69.4 Å². The Morgan fingerprint density at radius 2 is 1.00 bits per heavy atom. The van der Waals surface area contributed by atoms with Gasteiger partial charge < -0.3 is 71.3 Å². The molecular formula is C21H38N2O14. The lowest BCUT2D eigenvalue weighted by molar-refractivity contribution is -0.304. The van der Waals surface area contributed by atoms with E-state index in [0.717, 1.165) is 0 Å². The quantitative estimate of drug-likeness (QED) is 0.0978. The van der Waals surface area contributed by atoms with Crippen LogP contribution in [0.5, 0.6) is 0 Å². The third-order valence-electron chi connectivity index (χ3n) is 6.62. The van der Waals surface area contributed by atoms with Gasteiger partial charge in [-0.2, -0.15) is 0 Å². The smallest absolute Gasteiger partial charge is 0.217 e. The lowest BCUT2D eigenvalue weighted by atomic mass is 9.75. The SMILES string of the molecule is NC(=O)CC(CCO[C@H]1O[C@H](CO)[C@@H](O)[C@H](O)[C@H]1O)(CCO[C@H]1O[C@H](CO)[C@@H](O)[C@H](O)[C@H]1O)CC(N)=O. The van der Waals surface area contributed by atoms with Crippen molar-refractivity contribution in [3.8, 4) is 0 Å². The molecule has 2 heterocycles. The minimum absolute atomic E-state index is 0.0497. The van der Waals surface area contributed by atoms with E-state index in [2.05, 4.69) is 0 Å². The summed E-state index contributed by atoms with van der Waals surface area (Å²) in [5.41, 5.74) is 9.55. The van der Waals surface area contributed by atoms with E-state index in [9.17, 15) is 50.4 Å². The summed E-state index contributed by atoms with van der Waals surface area (Å²) in [6.45, 7) is -1.81. The van der Waals surface area contributed by atoms with Crippen LogP contribution in [0.25, 0.3) is 0 Å². The summed E-state index contributed by atoms with van der Waals surface area (Å²) < 4.78 is 21.5. The van der Waals surface area contributed by atoms with Crippen molar-refractivity contribution in [2.45, 2.75) is 87.1 Å². The lowest BCUT2D eigenvalue weighted by Gasteiger charge is -2.41. The number of hydrogen-bond acceptors (Lipinski definition) is 14. The number of rotatable bonds is 14. The molecule has 2 fully saturated rings. The molecule has 16 heteroatoms. The van der Waals surface area contributed by atoms with Crippen molar-refractivity contribution in [3.63, 3.8) is 0 Å². The molecule has 12 N–H and O–H groups in total. The van der Waals surface area contributed by atoms with Gasteiger partial charge in [-0.05, 0) is 18.3 Å². The van der Waals surface area contributed by atoms with Gasteiger partial charge in [-0.1, -0.05) is 0 Å². The Morgan fingerprint density at radius 1 is 0.649 bits per heavy atom. The van der Waals surface area contributed by atoms with Crippen LogP contribution in [0, 0.1) is 5.41 Å². The van der Waals surface area contributed by atoms with Gasteiger partial charge in [0.25, 0.3) is 0 Å². The molecule has 2 amide bonds. The highest BCUT2D eigenvalue weighted by atomic mass is 16.7. The van der Waals surface area contributed by atoms with Gasteiger partial charge in [0.1, 0.15) is 48.8 Å². The van der Waals surface area contributed by atoms with Gasteiger partial charge in [0.2, 0.25) is 11.8 Å². The van der Waals surface area contributed by atoms with Crippen LogP contribution in [0.15, 0.2) is 0 Å². The summed E-state index contributed by atoms with van der Waals surface area (Å²) in [5, 5.41) is 78.4. The molecule has 0 spiro atoms. The average molecular weight is 543 g/mol. The molecule has 2 rings (SSSR count). The van der Waals surface area contributed by atoms with Crippen molar-refractivity contribution in [2.75, 3.05) is 26.4 Å². The second kappa shape index (κ2) is 14.0. The van der Waals surface area contributed by atoms with Gasteiger partial charge in [-0.25, -0.2) is 0 Å². The molecule has 2 saturated heterocycles. The molecule has 216 valence electrons. The van der Waals surface area contributed by atoms with Crippen LogP contribution in [-0.2, 0) is 28.5 Å². The highest BCUT2D eigenvalue weighted by Crippen LogP contribution is 2.36. The number of ether oxygens (including phenoxy) is 4. The first-order valence-electron chi connectivity index (χ1n) is 11.8. The second-order valence-corrected chi connectivity index (χ2v) is 9.42. The number of aliphatic hydroxyl groups is 8. The largest absolute Gasteiger partial charge is 0.394 e. The van der Waals surface area contributed by atoms with Crippen molar-refractivity contribution >= 4 is 11.8 Å². The molecule has 10 atom stereocenters. The van der Waals surface area contributed by atoms with Crippen LogP contribution < -0.4 is 11.5 Å². The van der Waals surface area contributed by atoms with Gasteiger partial charge in [-0.15, -0.1) is 0 Å². The van der Waals surface area contributed by atoms with Gasteiger partial charge in [0, 0.05) is 12.8 Å². The van der Waals surface area contributed by atoms with Crippen LogP contribution in [-0.4, -0.2) is 141 Å². The van der Waals surface area contributed by atoms with E-state index >= 15 is 0 Å². The van der Waals surface area contributed by atoms with Gasteiger partial charge in [0.05, 0.1) is 26.4 Å². The molecule has 0 aromatic rings. The maximum atomic E-state index is 11.8. The summed E-state index contributed by atoms with van der Waals surface area (Å²) in [7, 11) is 0. The Kier molecular flexibility index (Phi) is 12.0. The number of carbonyl (C=O) groups excluding carboxylic acids is 2. The topological polar surface area (TPSA) is 285 Å². The standard InChI is InChI=1S/C21H38N2O14/c22-11(26)5-21(6-12(23)27,1-3-34-19-17(32)15(30)13(28)9(7-24)36-19)2-4-35-20-18(33)16(31)14(29)10(8-25)37-20/h9-10,13-20,24-25,28-33H,1-8H2,(H2,22,26)(H2,23,27)/t9-,10-,13-,14-,15+,16+,17-,18-,19+,20+/m1/s1. The Morgan fingerprint density at radius 3 is 1.30 bits per heavy atom. The highest BCUT2D eigenvalue weighted by Gasteiger charge is 2.46. The normalized spacial score (nSPS) is 36.9. The Balaban J connectivity index is 2.06. The fourth-order valence-electron chi connectivity index (χ4n) is 4.47. The van der Waals surface area contributed by atoms with Crippen LogP contribution in [0.3, 0.4) is 0 Å². The predicted octanol–water partition coefficient (Wildman–Crippen LogP) is -5.86. The second-order valence-electron chi connectivity index (χ2n) is 9.42. The van der Waals surface area contributed by atoms with Crippen LogP contribution in [0.2, 0.25) is 0 Å². The first-order valence-corrected chi connectivity index (χ1v) is 11.8. The van der Waals surface area contributed by atoms with Crippen molar-refractivity contribution in [1.29, 1.82) is 0 Å². The number of carbonyl (C=O) groups is 2. The molecular weight excluding hydrogens is 504 g/mol. The van der Waals surface area contributed by atoms with Crippen molar-refractivity contribution in [3.05, 3.63) is 0 Å². The molecule has 16 nitrogen and oxygen atoms in total. The highest BCUT2D eigenvalue weighted by molar-refractivity contribution is 5.78. The maximum Gasteiger partial charge on any atom is 0.217 e. The van der Waals surface area contributed by atoms with Crippen molar-refractivity contribution in [2.24, 2.45) is 16.9 Å². The summed E-state index contributed by atoms with van der Waals surface area (Å²) in [6.07, 6.45) is -15.9. The maximum absolute atomic E-state index is 11.8. The zero-order valence-corrected chi connectivity index (χ0v) is 20.1. The van der Waals surface area contributed by atoms with E-state index in [4.69, 9.17) is 30.4 Å². The first-order chi connectivity index (χ1) is 17.4. The van der Waals surface area contributed by atoms with Crippen LogP contribution in [0.1, 0.15) is 25.7 Å². The zero-order valence-electron chi connectivity index (χ0n) is 20.1. The molecule has 0 aliphatic carbocycles. The Labute approximate surface area is 212 Å². The molecule has 0 bridgehead atoms. The van der Waals surface area contributed by atoms with Gasteiger partial charge in [-0.3, -0.25) is 9.59 Å². The minimum Gasteiger partial charge on any atom is -0.394 e. The Hall–Kier alpha value is -1.54. The molecule has 0 radical (unpaired) electrons. The third kappa shape index (κ3) is 8.22. The summed E-state index contributed by atoms with van der Waals surface area (Å²) in [4.78, 5) is 23.7. The molecule has 2 aliphatic heterocycles. The molecule has 0 saturated carbocycles. The lowest BCUT2D eigenvalue weighted by Crippen LogP contribution is -2.59. The van der Waals surface area contributed by atoms with E-state index < -0.39 is 91.9 Å². The molecule has 0 aromatic heterocycles. The van der Waals surface area contributed by atoms with Crippen LogP contribution >= 0.6 is 0 Å². The number of nitrogens with two attached hydrogens (primary N) is 2. The summed E-state index contributed by atoms with van der Waals surface area (Å²) >= 11 is 0. The number of aliphatic hydroxyl groups excluding tert-OH is 8. The summed E-state index contributed by atoms with van der Waals surface area (Å²) in [5.74, 6) is -1.55. The minimum atomic E-state index is -1.66. The molecule has 37 heavy (non-hydrogen) atoms. The molecule has 0 unspecified atom stereocenters. The number of primary amides is 2. The average Bonchev–Trinajstić information content (AvgIpc) is 2.83. The molecule has 0 aromatic carbocycles. The van der Waals surface area contributed by atoms with Crippen LogP contribution in [0.4, 0.5) is 0 Å². The van der Waals surface area contributed by atoms with E-state index in [1.165, 1.54) is 0 Å². The number of hydrogen-bond donors (Lipinski definition) is 10. The summed E-state index contributed by atoms with van der Waals surface area (Å²) in [6, 6.07) is 0. The Bertz CT molecular complexity index is 680. The first kappa shape index (κ1) is 31.7. The van der Waals surface area contributed by atoms with Gasteiger partial charge in [0.15, 0.2) is 12.6 Å². The van der Waals surface area contributed by atoms with E-state index in [0.29, 0.717) is 0 Å². The zero-order chi connectivity index (χ0) is 27.9. The number of amides is 2. The van der Waals surface area contributed by atoms with Gasteiger partial charge >= 0.3 is 0 Å².